The fourth-order valence-corrected chi connectivity index (χ4v) is 3.35. The zero-order valence-electron chi connectivity index (χ0n) is 18.3. The van der Waals surface area contributed by atoms with E-state index in [0.717, 1.165) is 19.3 Å². The van der Waals surface area contributed by atoms with E-state index < -0.39 is 23.8 Å². The first-order chi connectivity index (χ1) is 14.0. The smallest absolute Gasteiger partial charge is 0.327 e. The van der Waals surface area contributed by atoms with Gasteiger partial charge in [-0.2, -0.15) is 5.90 Å². The first-order valence-corrected chi connectivity index (χ1v) is 11.2. The third-order valence-electron chi connectivity index (χ3n) is 5.32. The normalized spacial score (nSPS) is 12.9. The number of esters is 1. The van der Waals surface area contributed by atoms with Crippen molar-refractivity contribution in [1.82, 2.24) is 0 Å². The third-order valence-corrected chi connectivity index (χ3v) is 5.32. The van der Waals surface area contributed by atoms with Gasteiger partial charge < -0.3 is 14.7 Å². The molecule has 0 aliphatic rings. The van der Waals surface area contributed by atoms with E-state index in [0.29, 0.717) is 13.0 Å². The highest BCUT2D eigenvalue weighted by Crippen LogP contribution is 2.22. The second-order valence-corrected chi connectivity index (χ2v) is 7.75. The SMILES string of the molecule is CCCCCCCCCCCCOC(=O)CCC(CC(CC)C(=O)O)C(=O)ON. The van der Waals surface area contributed by atoms with E-state index in [1.54, 1.807) is 6.92 Å². The second-order valence-electron chi connectivity index (χ2n) is 7.75. The van der Waals surface area contributed by atoms with Gasteiger partial charge in [0.15, 0.2) is 0 Å². The van der Waals surface area contributed by atoms with E-state index in [1.165, 1.54) is 44.9 Å². The van der Waals surface area contributed by atoms with Gasteiger partial charge in [-0.3, -0.25) is 14.4 Å². The summed E-state index contributed by atoms with van der Waals surface area (Å²) in [6.45, 7) is 4.35. The lowest BCUT2D eigenvalue weighted by atomic mass is 9.89. The Kier molecular flexibility index (Phi) is 17.4. The van der Waals surface area contributed by atoms with Gasteiger partial charge in [0.1, 0.15) is 0 Å². The van der Waals surface area contributed by atoms with Crippen LogP contribution in [0, 0.1) is 11.8 Å². The number of aliphatic carboxylic acids is 1. The molecule has 0 aromatic carbocycles. The summed E-state index contributed by atoms with van der Waals surface area (Å²) in [6.07, 6.45) is 12.9. The van der Waals surface area contributed by atoms with E-state index in [9.17, 15) is 14.4 Å². The molecular weight excluding hydrogens is 374 g/mol. The Hall–Kier alpha value is -1.63. The van der Waals surface area contributed by atoms with Crippen LogP contribution in [0.3, 0.4) is 0 Å². The summed E-state index contributed by atoms with van der Waals surface area (Å²) in [5.74, 6) is 1.53. The Bertz CT molecular complexity index is 455. The van der Waals surface area contributed by atoms with Gasteiger partial charge in [-0.15, -0.1) is 0 Å². The van der Waals surface area contributed by atoms with E-state index in [1.807, 2.05) is 0 Å². The molecule has 7 heteroatoms. The molecule has 3 N–H and O–H groups in total. The molecule has 0 rings (SSSR count). The minimum Gasteiger partial charge on any atom is -0.481 e. The number of rotatable bonds is 19. The van der Waals surface area contributed by atoms with Crippen LogP contribution in [0.1, 0.15) is 104 Å². The van der Waals surface area contributed by atoms with Crippen LogP contribution in [-0.4, -0.2) is 29.6 Å². The topological polar surface area (TPSA) is 116 Å². The van der Waals surface area contributed by atoms with Gasteiger partial charge >= 0.3 is 17.9 Å². The zero-order valence-corrected chi connectivity index (χ0v) is 18.3. The van der Waals surface area contributed by atoms with Crippen molar-refractivity contribution in [2.75, 3.05) is 6.61 Å². The molecule has 0 aliphatic carbocycles. The summed E-state index contributed by atoms with van der Waals surface area (Å²) in [6, 6.07) is 0. The lowest BCUT2D eigenvalue weighted by molar-refractivity contribution is -0.152. The Morgan fingerprint density at radius 1 is 0.862 bits per heavy atom. The highest BCUT2D eigenvalue weighted by atomic mass is 16.7. The van der Waals surface area contributed by atoms with Crippen molar-refractivity contribution < 1.29 is 29.1 Å². The molecule has 0 amide bonds. The third kappa shape index (κ3) is 14.9. The molecule has 0 bridgehead atoms. The second kappa shape index (κ2) is 18.4. The predicted octanol–water partition coefficient (Wildman–Crippen LogP) is 4.76. The van der Waals surface area contributed by atoms with E-state index in [2.05, 4.69) is 11.8 Å². The van der Waals surface area contributed by atoms with Crippen LogP contribution in [0.5, 0.6) is 0 Å². The van der Waals surface area contributed by atoms with Crippen molar-refractivity contribution in [3.63, 3.8) is 0 Å². The average molecular weight is 416 g/mol. The maximum atomic E-state index is 11.9. The lowest BCUT2D eigenvalue weighted by Gasteiger charge is -2.17. The zero-order chi connectivity index (χ0) is 21.9. The van der Waals surface area contributed by atoms with E-state index >= 15 is 0 Å². The van der Waals surface area contributed by atoms with Crippen LogP contribution in [0.25, 0.3) is 0 Å². The number of carbonyl (C=O) groups excluding carboxylic acids is 2. The van der Waals surface area contributed by atoms with Gasteiger partial charge in [0, 0.05) is 6.42 Å². The van der Waals surface area contributed by atoms with Gasteiger partial charge in [0.2, 0.25) is 0 Å². The standard InChI is InChI=1S/C22H41NO6/c1-3-5-6-7-8-9-10-11-12-13-16-28-20(24)15-14-19(22(27)29-23)17-18(4-2)21(25)26/h18-19H,3-17,23H2,1-2H3,(H,25,26). The van der Waals surface area contributed by atoms with Crippen molar-refractivity contribution in [2.24, 2.45) is 17.7 Å². The fraction of sp³-hybridized carbons (Fsp3) is 0.864. The average Bonchev–Trinajstić information content (AvgIpc) is 2.71. The quantitative estimate of drug-likeness (QED) is 0.177. The summed E-state index contributed by atoms with van der Waals surface area (Å²) in [5, 5.41) is 9.15. The molecule has 2 atom stereocenters. The summed E-state index contributed by atoms with van der Waals surface area (Å²) in [4.78, 5) is 39.1. The van der Waals surface area contributed by atoms with Crippen LogP contribution in [0.4, 0.5) is 0 Å². The first kappa shape index (κ1) is 27.4. The minimum absolute atomic E-state index is 0.0492. The molecule has 0 aromatic rings. The molecule has 29 heavy (non-hydrogen) atoms. The van der Waals surface area contributed by atoms with Crippen molar-refractivity contribution >= 4 is 17.9 Å². The Labute approximate surface area is 175 Å². The fourth-order valence-electron chi connectivity index (χ4n) is 3.35. The van der Waals surface area contributed by atoms with Crippen molar-refractivity contribution in [1.29, 1.82) is 0 Å². The predicted molar refractivity (Wildman–Crippen MR) is 112 cm³/mol. The molecule has 0 aromatic heterocycles. The van der Waals surface area contributed by atoms with Crippen molar-refractivity contribution in [2.45, 2.75) is 104 Å². The summed E-state index contributed by atoms with van der Waals surface area (Å²) >= 11 is 0. The molecule has 170 valence electrons. The van der Waals surface area contributed by atoms with Crippen LogP contribution in [-0.2, 0) is 24.0 Å². The van der Waals surface area contributed by atoms with Gasteiger partial charge in [0.25, 0.3) is 0 Å². The minimum atomic E-state index is -0.967. The molecule has 0 fully saturated rings. The first-order valence-electron chi connectivity index (χ1n) is 11.2. The summed E-state index contributed by atoms with van der Waals surface area (Å²) in [5.41, 5.74) is 0. The molecule has 0 saturated heterocycles. The highest BCUT2D eigenvalue weighted by Gasteiger charge is 2.27. The molecule has 7 nitrogen and oxygen atoms in total. The summed E-state index contributed by atoms with van der Waals surface area (Å²) in [7, 11) is 0. The monoisotopic (exact) mass is 415 g/mol. The molecule has 0 heterocycles. The molecule has 0 aliphatic heterocycles. The lowest BCUT2D eigenvalue weighted by Crippen LogP contribution is -2.27. The number of nitrogens with two attached hydrogens (primary N) is 1. The molecule has 0 saturated carbocycles. The number of unbranched alkanes of at least 4 members (excludes halogenated alkanes) is 9. The van der Waals surface area contributed by atoms with E-state index in [-0.39, 0.29) is 25.2 Å². The maximum absolute atomic E-state index is 11.9. The molecule has 0 radical (unpaired) electrons. The van der Waals surface area contributed by atoms with Crippen LogP contribution in [0.15, 0.2) is 0 Å². The van der Waals surface area contributed by atoms with Crippen molar-refractivity contribution in [3.8, 4) is 0 Å². The molecule has 0 spiro atoms. The highest BCUT2D eigenvalue weighted by molar-refractivity contribution is 5.76. The van der Waals surface area contributed by atoms with Gasteiger partial charge in [0.05, 0.1) is 18.4 Å². The van der Waals surface area contributed by atoms with E-state index in [4.69, 9.17) is 15.7 Å². The number of hydrogen-bond donors (Lipinski definition) is 2. The largest absolute Gasteiger partial charge is 0.481 e. The van der Waals surface area contributed by atoms with Gasteiger partial charge in [-0.05, 0) is 25.7 Å². The van der Waals surface area contributed by atoms with Crippen LogP contribution >= 0.6 is 0 Å². The molecule has 2 unspecified atom stereocenters. The Balaban J connectivity index is 3.88. The van der Waals surface area contributed by atoms with Crippen LogP contribution < -0.4 is 5.90 Å². The number of carboxylic acids is 1. The number of carbonyl (C=O) groups is 3. The summed E-state index contributed by atoms with van der Waals surface area (Å²) < 4.78 is 5.22. The van der Waals surface area contributed by atoms with Crippen molar-refractivity contribution in [3.05, 3.63) is 0 Å². The van der Waals surface area contributed by atoms with Gasteiger partial charge in [-0.25, -0.2) is 0 Å². The number of carboxylic acid groups (broad SMARTS) is 1. The maximum Gasteiger partial charge on any atom is 0.327 e. The van der Waals surface area contributed by atoms with Crippen LogP contribution in [0.2, 0.25) is 0 Å². The number of hydrogen-bond acceptors (Lipinski definition) is 6. The van der Waals surface area contributed by atoms with Gasteiger partial charge in [-0.1, -0.05) is 71.6 Å². The Morgan fingerprint density at radius 3 is 1.90 bits per heavy atom. The molecular formula is C22H41NO6. The number of ether oxygens (including phenoxy) is 1. The Morgan fingerprint density at radius 2 is 1.41 bits per heavy atom.